The molecule has 2 aromatic carbocycles. The summed E-state index contributed by atoms with van der Waals surface area (Å²) in [7, 11) is 0. The van der Waals surface area contributed by atoms with E-state index in [1.54, 1.807) is 0 Å². The van der Waals surface area contributed by atoms with Crippen molar-refractivity contribution in [3.63, 3.8) is 0 Å². The van der Waals surface area contributed by atoms with Crippen molar-refractivity contribution in [1.82, 2.24) is 0 Å². The zero-order valence-electron chi connectivity index (χ0n) is 11.4. The van der Waals surface area contributed by atoms with Crippen molar-refractivity contribution in [2.75, 3.05) is 5.32 Å². The van der Waals surface area contributed by atoms with E-state index >= 15 is 0 Å². The van der Waals surface area contributed by atoms with E-state index in [-0.39, 0.29) is 12.5 Å². The van der Waals surface area contributed by atoms with Crippen LogP contribution in [0.4, 0.5) is 5.69 Å². The summed E-state index contributed by atoms with van der Waals surface area (Å²) >= 11 is -0.566. The Morgan fingerprint density at radius 1 is 1.15 bits per heavy atom. The minimum absolute atomic E-state index is 0.0408. The molecule has 0 aliphatic heterocycles. The predicted molar refractivity (Wildman–Crippen MR) is 83.8 cm³/mol. The van der Waals surface area contributed by atoms with Crippen LogP contribution in [0.5, 0.6) is 0 Å². The Morgan fingerprint density at radius 3 is 2.60 bits per heavy atom. The summed E-state index contributed by atoms with van der Waals surface area (Å²) in [5.74, 6) is 0.0482. The van der Waals surface area contributed by atoms with E-state index in [1.807, 2.05) is 55.5 Å². The van der Waals surface area contributed by atoms with E-state index in [1.165, 1.54) is 0 Å². The Labute approximate surface area is 125 Å². The number of carbonyl (C=O) groups excluding carboxylic acids is 1. The van der Waals surface area contributed by atoms with Crippen molar-refractivity contribution in [3.05, 3.63) is 59.7 Å². The van der Waals surface area contributed by atoms with Crippen molar-refractivity contribution in [2.24, 2.45) is 0 Å². The summed E-state index contributed by atoms with van der Waals surface area (Å²) in [4.78, 5) is 12.0. The number of hydrogen-bond donors (Lipinski definition) is 2. The zero-order valence-corrected chi connectivity index (χ0v) is 13.5. The van der Waals surface area contributed by atoms with Gasteiger partial charge in [-0.1, -0.05) is 0 Å². The number of amides is 1. The number of aliphatic hydroxyl groups excluding tert-OH is 1. The number of aryl methyl sites for hydroxylation is 1. The first-order valence-corrected chi connectivity index (χ1v) is 9.02. The molecule has 0 heterocycles. The summed E-state index contributed by atoms with van der Waals surface area (Å²) < 4.78 is 1.15. The normalized spacial score (nSPS) is 10.9. The standard InChI is InChI=1S/C16H18AsNO2/c1-12-6-2-5-9-15(12)18-16(20)10-17-14-8-4-3-7-13(14)11-19/h2-9,17,19H,10-11H2,1H3,(H,18,20). The first kappa shape index (κ1) is 14.8. The summed E-state index contributed by atoms with van der Waals surface area (Å²) in [5, 5.41) is 12.8. The first-order chi connectivity index (χ1) is 9.70. The molecular weight excluding hydrogens is 313 g/mol. The van der Waals surface area contributed by atoms with E-state index in [4.69, 9.17) is 0 Å². The van der Waals surface area contributed by atoms with Crippen LogP contribution in [0, 0.1) is 6.92 Å². The molecule has 0 aromatic heterocycles. The van der Waals surface area contributed by atoms with E-state index in [0.29, 0.717) is 5.21 Å². The Bertz CT molecular complexity index is 599. The van der Waals surface area contributed by atoms with Crippen LogP contribution < -0.4 is 9.67 Å². The third-order valence-electron chi connectivity index (χ3n) is 3.05. The Morgan fingerprint density at radius 2 is 1.85 bits per heavy atom. The third-order valence-corrected chi connectivity index (χ3v) is 5.91. The summed E-state index contributed by atoms with van der Waals surface area (Å²) in [6.45, 7) is 2.02. The van der Waals surface area contributed by atoms with E-state index in [0.717, 1.165) is 21.2 Å². The molecule has 20 heavy (non-hydrogen) atoms. The molecule has 2 N–H and O–H groups in total. The van der Waals surface area contributed by atoms with Crippen LogP contribution in [0.15, 0.2) is 48.5 Å². The van der Waals surface area contributed by atoms with E-state index < -0.39 is 15.8 Å². The number of nitrogens with one attached hydrogen (secondary N) is 1. The average molecular weight is 331 g/mol. The SMILES string of the molecule is Cc1ccccc1NC(=O)C[AsH]c1ccccc1CO. The van der Waals surface area contributed by atoms with Gasteiger partial charge in [-0.3, -0.25) is 0 Å². The molecule has 0 spiro atoms. The van der Waals surface area contributed by atoms with Gasteiger partial charge >= 0.3 is 125 Å². The fourth-order valence-corrected chi connectivity index (χ4v) is 4.10. The van der Waals surface area contributed by atoms with Crippen LogP contribution in [-0.2, 0) is 11.4 Å². The maximum atomic E-state index is 12.0. The monoisotopic (exact) mass is 331 g/mol. The van der Waals surface area contributed by atoms with Crippen LogP contribution in [-0.4, -0.2) is 26.8 Å². The van der Waals surface area contributed by atoms with Gasteiger partial charge in [-0.2, -0.15) is 0 Å². The minimum atomic E-state index is -0.566. The molecule has 0 fully saturated rings. The maximum absolute atomic E-state index is 12.0. The number of anilines is 1. The summed E-state index contributed by atoms with van der Waals surface area (Å²) in [6, 6.07) is 15.6. The van der Waals surface area contributed by atoms with Crippen molar-refractivity contribution < 1.29 is 9.90 Å². The van der Waals surface area contributed by atoms with Gasteiger partial charge in [0.2, 0.25) is 0 Å². The number of hydrogen-bond acceptors (Lipinski definition) is 2. The van der Waals surface area contributed by atoms with Crippen LogP contribution in [0.2, 0.25) is 5.21 Å². The third kappa shape index (κ3) is 3.96. The second kappa shape index (κ2) is 7.27. The number of carbonyl (C=O) groups is 1. The molecule has 1 atom stereocenters. The molecular formula is C16H18AsNO2. The molecule has 0 saturated carbocycles. The van der Waals surface area contributed by atoms with Gasteiger partial charge in [0.05, 0.1) is 0 Å². The van der Waals surface area contributed by atoms with Crippen molar-refractivity contribution in [1.29, 1.82) is 0 Å². The molecule has 1 amide bonds. The van der Waals surface area contributed by atoms with Gasteiger partial charge in [0.25, 0.3) is 0 Å². The first-order valence-electron chi connectivity index (χ1n) is 6.49. The fraction of sp³-hybridized carbons (Fsp3) is 0.188. The van der Waals surface area contributed by atoms with Gasteiger partial charge < -0.3 is 0 Å². The molecule has 2 rings (SSSR count). The van der Waals surface area contributed by atoms with Gasteiger partial charge in [0, 0.05) is 0 Å². The van der Waals surface area contributed by atoms with Crippen molar-refractivity contribution in [2.45, 2.75) is 18.7 Å². The molecule has 4 heteroatoms. The Kier molecular flexibility index (Phi) is 5.39. The Balaban J connectivity index is 1.94. The topological polar surface area (TPSA) is 49.3 Å². The average Bonchev–Trinajstić information content (AvgIpc) is 2.48. The zero-order chi connectivity index (χ0) is 14.4. The van der Waals surface area contributed by atoms with Crippen LogP contribution in [0.25, 0.3) is 0 Å². The molecule has 2 aromatic rings. The molecule has 0 radical (unpaired) electrons. The predicted octanol–water partition coefficient (Wildman–Crippen LogP) is 1.61. The van der Waals surface area contributed by atoms with E-state index in [9.17, 15) is 9.90 Å². The molecule has 0 aliphatic rings. The molecule has 0 bridgehead atoms. The summed E-state index contributed by atoms with van der Waals surface area (Å²) in [5.41, 5.74) is 2.88. The van der Waals surface area contributed by atoms with Crippen LogP contribution >= 0.6 is 0 Å². The summed E-state index contributed by atoms with van der Waals surface area (Å²) in [6.07, 6.45) is 0. The second-order valence-electron chi connectivity index (χ2n) is 4.53. The molecule has 0 aliphatic carbocycles. The fourth-order valence-electron chi connectivity index (χ4n) is 1.91. The number of rotatable bonds is 5. The number of para-hydroxylation sites is 1. The van der Waals surface area contributed by atoms with Gasteiger partial charge in [-0.05, 0) is 0 Å². The number of benzene rings is 2. The molecule has 104 valence electrons. The van der Waals surface area contributed by atoms with Gasteiger partial charge in [-0.25, -0.2) is 0 Å². The molecule has 1 unspecified atom stereocenters. The molecule has 0 saturated heterocycles. The van der Waals surface area contributed by atoms with E-state index in [2.05, 4.69) is 5.32 Å². The second-order valence-corrected chi connectivity index (χ2v) is 7.15. The Hall–Kier alpha value is -1.57. The van der Waals surface area contributed by atoms with Gasteiger partial charge in [-0.15, -0.1) is 0 Å². The number of aliphatic hydroxyl groups is 1. The van der Waals surface area contributed by atoms with Crippen LogP contribution in [0.3, 0.4) is 0 Å². The van der Waals surface area contributed by atoms with Gasteiger partial charge in [0.15, 0.2) is 0 Å². The molecule has 3 nitrogen and oxygen atoms in total. The van der Waals surface area contributed by atoms with Crippen molar-refractivity contribution >= 4 is 31.7 Å². The van der Waals surface area contributed by atoms with Gasteiger partial charge in [0.1, 0.15) is 0 Å². The van der Waals surface area contributed by atoms with Crippen molar-refractivity contribution in [3.8, 4) is 0 Å². The van der Waals surface area contributed by atoms with Crippen LogP contribution in [0.1, 0.15) is 11.1 Å². The quantitative estimate of drug-likeness (QED) is 0.818.